The zero-order valence-electron chi connectivity index (χ0n) is 7.27. The SMILES string of the molecule is Cn1ncc2cc(Br)c([N+](=O)[O-])cc21. The Morgan fingerprint density at radius 1 is 1.57 bits per heavy atom. The summed E-state index contributed by atoms with van der Waals surface area (Å²) >= 11 is 3.15. The fourth-order valence-corrected chi connectivity index (χ4v) is 1.81. The number of benzene rings is 1. The fraction of sp³-hybridized carbons (Fsp3) is 0.125. The van der Waals surface area contributed by atoms with Crippen molar-refractivity contribution in [1.82, 2.24) is 9.78 Å². The molecule has 0 saturated heterocycles. The zero-order valence-corrected chi connectivity index (χ0v) is 8.85. The first-order valence-corrected chi connectivity index (χ1v) is 4.64. The second kappa shape index (κ2) is 3.06. The monoisotopic (exact) mass is 255 g/mol. The largest absolute Gasteiger partial charge is 0.285 e. The van der Waals surface area contributed by atoms with Gasteiger partial charge < -0.3 is 0 Å². The molecule has 0 bridgehead atoms. The van der Waals surface area contributed by atoms with Crippen LogP contribution in [0.5, 0.6) is 0 Å². The number of halogens is 1. The molecule has 14 heavy (non-hydrogen) atoms. The van der Waals surface area contributed by atoms with E-state index < -0.39 is 4.92 Å². The zero-order chi connectivity index (χ0) is 10.3. The average molecular weight is 256 g/mol. The minimum Gasteiger partial charge on any atom is -0.268 e. The van der Waals surface area contributed by atoms with Gasteiger partial charge in [-0.15, -0.1) is 0 Å². The molecule has 2 aromatic rings. The first-order chi connectivity index (χ1) is 6.59. The molecule has 0 saturated carbocycles. The third-order valence-electron chi connectivity index (χ3n) is 2.01. The molecule has 0 radical (unpaired) electrons. The van der Waals surface area contributed by atoms with Crippen molar-refractivity contribution in [2.24, 2.45) is 7.05 Å². The number of nitro groups is 1. The molecule has 72 valence electrons. The molecule has 0 aliphatic rings. The maximum atomic E-state index is 10.6. The minimum atomic E-state index is -0.420. The van der Waals surface area contributed by atoms with Gasteiger partial charge in [0.2, 0.25) is 0 Å². The average Bonchev–Trinajstić information content (AvgIpc) is 2.46. The molecule has 1 heterocycles. The molecule has 0 N–H and O–H groups in total. The van der Waals surface area contributed by atoms with Gasteiger partial charge in [0.1, 0.15) is 0 Å². The van der Waals surface area contributed by atoms with Crippen molar-refractivity contribution in [3.05, 3.63) is 32.9 Å². The summed E-state index contributed by atoms with van der Waals surface area (Å²) in [6.45, 7) is 0. The summed E-state index contributed by atoms with van der Waals surface area (Å²) in [5.41, 5.74) is 0.806. The van der Waals surface area contributed by atoms with Gasteiger partial charge in [-0.05, 0) is 22.0 Å². The van der Waals surface area contributed by atoms with Crippen molar-refractivity contribution in [2.45, 2.75) is 0 Å². The smallest absolute Gasteiger partial charge is 0.268 e. The van der Waals surface area contributed by atoms with Gasteiger partial charge in [-0.25, -0.2) is 0 Å². The van der Waals surface area contributed by atoms with Gasteiger partial charge in [0, 0.05) is 18.5 Å². The van der Waals surface area contributed by atoms with Crippen LogP contribution >= 0.6 is 15.9 Å². The number of fused-ring (bicyclic) bond motifs is 1. The lowest BCUT2D eigenvalue weighted by atomic mass is 10.2. The van der Waals surface area contributed by atoms with Crippen molar-refractivity contribution in [1.29, 1.82) is 0 Å². The summed E-state index contributed by atoms with van der Waals surface area (Å²) in [6, 6.07) is 3.20. The van der Waals surface area contributed by atoms with Crippen LogP contribution in [0.2, 0.25) is 0 Å². The lowest BCUT2D eigenvalue weighted by Gasteiger charge is -1.97. The lowest BCUT2D eigenvalue weighted by Crippen LogP contribution is -1.92. The highest BCUT2D eigenvalue weighted by molar-refractivity contribution is 9.10. The number of aryl methyl sites for hydroxylation is 1. The van der Waals surface area contributed by atoms with Crippen LogP contribution < -0.4 is 0 Å². The quantitative estimate of drug-likeness (QED) is 0.580. The van der Waals surface area contributed by atoms with Gasteiger partial charge in [0.05, 0.1) is 21.1 Å². The molecular formula is C8H6BrN3O2. The predicted octanol–water partition coefficient (Wildman–Crippen LogP) is 2.24. The van der Waals surface area contributed by atoms with E-state index in [-0.39, 0.29) is 5.69 Å². The topological polar surface area (TPSA) is 61.0 Å². The Hall–Kier alpha value is -1.43. The third kappa shape index (κ3) is 1.27. The van der Waals surface area contributed by atoms with Crippen molar-refractivity contribution in [3.63, 3.8) is 0 Å². The van der Waals surface area contributed by atoms with Gasteiger partial charge in [0.15, 0.2) is 0 Å². The first-order valence-electron chi connectivity index (χ1n) is 3.85. The minimum absolute atomic E-state index is 0.0566. The van der Waals surface area contributed by atoms with E-state index in [1.54, 1.807) is 24.0 Å². The van der Waals surface area contributed by atoms with E-state index in [9.17, 15) is 10.1 Å². The third-order valence-corrected chi connectivity index (χ3v) is 2.65. The second-order valence-corrected chi connectivity index (χ2v) is 3.74. The predicted molar refractivity (Wildman–Crippen MR) is 55.1 cm³/mol. The number of aromatic nitrogens is 2. The van der Waals surface area contributed by atoms with E-state index >= 15 is 0 Å². The van der Waals surface area contributed by atoms with E-state index in [4.69, 9.17) is 0 Å². The van der Waals surface area contributed by atoms with Crippen LogP contribution in [-0.2, 0) is 7.05 Å². The molecular weight excluding hydrogens is 250 g/mol. The van der Waals surface area contributed by atoms with Gasteiger partial charge >= 0.3 is 0 Å². The van der Waals surface area contributed by atoms with Gasteiger partial charge in [-0.3, -0.25) is 14.8 Å². The lowest BCUT2D eigenvalue weighted by molar-refractivity contribution is -0.385. The van der Waals surface area contributed by atoms with E-state index in [1.165, 1.54) is 6.07 Å². The molecule has 0 unspecified atom stereocenters. The van der Waals surface area contributed by atoms with Crippen LogP contribution in [0.15, 0.2) is 22.8 Å². The van der Waals surface area contributed by atoms with E-state index in [1.807, 2.05) is 0 Å². The van der Waals surface area contributed by atoms with Gasteiger partial charge in [0.25, 0.3) is 5.69 Å². The van der Waals surface area contributed by atoms with Crippen molar-refractivity contribution < 1.29 is 4.92 Å². The Balaban J connectivity index is 2.80. The summed E-state index contributed by atoms with van der Waals surface area (Å²) < 4.78 is 2.08. The molecule has 1 aromatic heterocycles. The molecule has 0 aliphatic heterocycles. The van der Waals surface area contributed by atoms with Crippen molar-refractivity contribution in [2.75, 3.05) is 0 Å². The van der Waals surface area contributed by atoms with E-state index in [0.717, 1.165) is 10.9 Å². The Labute approximate surface area is 87.6 Å². The highest BCUT2D eigenvalue weighted by Gasteiger charge is 2.14. The van der Waals surface area contributed by atoms with E-state index in [2.05, 4.69) is 21.0 Å². The van der Waals surface area contributed by atoms with Crippen LogP contribution in [0.25, 0.3) is 10.9 Å². The summed E-state index contributed by atoms with van der Waals surface area (Å²) in [7, 11) is 1.75. The molecule has 2 rings (SSSR count). The second-order valence-electron chi connectivity index (χ2n) is 2.89. The molecule has 6 heteroatoms. The van der Waals surface area contributed by atoms with Crippen LogP contribution in [0.3, 0.4) is 0 Å². The number of hydrogen-bond donors (Lipinski definition) is 0. The highest BCUT2D eigenvalue weighted by atomic mass is 79.9. The van der Waals surface area contributed by atoms with E-state index in [0.29, 0.717) is 4.47 Å². The van der Waals surface area contributed by atoms with Crippen LogP contribution in [-0.4, -0.2) is 14.7 Å². The molecule has 5 nitrogen and oxygen atoms in total. The summed E-state index contributed by atoms with van der Waals surface area (Å²) in [5, 5.41) is 15.5. The molecule has 1 aromatic carbocycles. The number of hydrogen-bond acceptors (Lipinski definition) is 3. The molecule has 0 spiro atoms. The molecule has 0 aliphatic carbocycles. The Bertz CT molecular complexity index is 521. The summed E-state index contributed by atoms with van der Waals surface area (Å²) in [4.78, 5) is 10.2. The first kappa shape index (κ1) is 9.14. The van der Waals surface area contributed by atoms with Crippen LogP contribution in [0.4, 0.5) is 5.69 Å². The number of nitrogens with zero attached hydrogens (tertiary/aromatic N) is 3. The van der Waals surface area contributed by atoms with Crippen LogP contribution in [0, 0.1) is 10.1 Å². The summed E-state index contributed by atoms with van der Waals surface area (Å²) in [6.07, 6.45) is 1.67. The number of rotatable bonds is 1. The molecule has 0 atom stereocenters. The summed E-state index contributed by atoms with van der Waals surface area (Å²) in [5.74, 6) is 0. The van der Waals surface area contributed by atoms with Crippen molar-refractivity contribution in [3.8, 4) is 0 Å². The fourth-order valence-electron chi connectivity index (χ4n) is 1.30. The molecule has 0 fully saturated rings. The van der Waals surface area contributed by atoms with Gasteiger partial charge in [-0.2, -0.15) is 5.10 Å². The maximum absolute atomic E-state index is 10.6. The Morgan fingerprint density at radius 2 is 2.29 bits per heavy atom. The maximum Gasteiger partial charge on any atom is 0.285 e. The highest BCUT2D eigenvalue weighted by Crippen LogP contribution is 2.29. The Morgan fingerprint density at radius 3 is 2.93 bits per heavy atom. The Kier molecular flexibility index (Phi) is 1.99. The van der Waals surface area contributed by atoms with Crippen LogP contribution in [0.1, 0.15) is 0 Å². The van der Waals surface area contributed by atoms with Gasteiger partial charge in [-0.1, -0.05) is 0 Å². The normalized spacial score (nSPS) is 10.7. The standard InChI is InChI=1S/C8H6BrN3O2/c1-11-7-3-8(12(13)14)6(9)2-5(7)4-10-11/h2-4H,1H3. The van der Waals surface area contributed by atoms with Crippen molar-refractivity contribution >= 4 is 32.5 Å². The number of nitro benzene ring substituents is 1. The molecule has 0 amide bonds.